The van der Waals surface area contributed by atoms with Crippen molar-refractivity contribution in [1.82, 2.24) is 4.98 Å². The summed E-state index contributed by atoms with van der Waals surface area (Å²) in [4.78, 5) is 17.6. The zero-order valence-electron chi connectivity index (χ0n) is 13.4. The van der Waals surface area contributed by atoms with E-state index in [2.05, 4.69) is 42.4 Å². The van der Waals surface area contributed by atoms with Crippen LogP contribution in [-0.4, -0.2) is 16.7 Å². The van der Waals surface area contributed by atoms with E-state index in [9.17, 15) is 4.79 Å². The summed E-state index contributed by atoms with van der Waals surface area (Å²) in [6.07, 6.45) is 0. The predicted octanol–water partition coefficient (Wildman–Crippen LogP) is 5.32. The number of benzene rings is 1. The number of nitrogens with zero attached hydrogens (tertiary/aromatic N) is 1. The topological polar surface area (TPSA) is 39.2 Å². The van der Waals surface area contributed by atoms with Gasteiger partial charge in [-0.1, -0.05) is 17.7 Å². The Labute approximate surface area is 153 Å². The van der Waals surface area contributed by atoms with Gasteiger partial charge >= 0.3 is 5.97 Å². The largest absolute Gasteiger partial charge is 0.459 e. The number of ether oxygens (including phenoxy) is 1. The Morgan fingerprint density at radius 1 is 1.25 bits per heavy atom. The highest BCUT2D eigenvalue weighted by Crippen LogP contribution is 2.26. The molecule has 0 spiro atoms. The highest BCUT2D eigenvalue weighted by Gasteiger charge is 2.09. The zero-order valence-corrected chi connectivity index (χ0v) is 15.9. The van der Waals surface area contributed by atoms with Crippen LogP contribution in [0.4, 0.5) is 0 Å². The van der Waals surface area contributed by atoms with Crippen molar-refractivity contribution in [1.29, 1.82) is 0 Å². The van der Waals surface area contributed by atoms with E-state index in [1.165, 1.54) is 22.9 Å². The van der Waals surface area contributed by atoms with Crippen molar-refractivity contribution < 1.29 is 9.53 Å². The standard InChI is InChI=1S/C18H17NO2S3/c1-12-3-4-16(13(2)7-12)23-11-17(20)21-8-15-10-24-18(19-15)14-5-6-22-9-14/h3-7,9-10H,8,11H2,1-2H3. The minimum atomic E-state index is -0.218. The molecule has 0 bridgehead atoms. The Bertz CT molecular complexity index is 825. The first kappa shape index (κ1) is 17.2. The van der Waals surface area contributed by atoms with Crippen molar-refractivity contribution >= 4 is 40.4 Å². The fourth-order valence-corrected chi connectivity index (χ4v) is 4.51. The number of esters is 1. The number of aromatic nitrogens is 1. The van der Waals surface area contributed by atoms with Gasteiger partial charge in [-0.3, -0.25) is 4.79 Å². The molecule has 0 N–H and O–H groups in total. The number of thiophene rings is 1. The van der Waals surface area contributed by atoms with E-state index in [0.29, 0.717) is 5.75 Å². The number of aryl methyl sites for hydroxylation is 2. The monoisotopic (exact) mass is 375 g/mol. The number of thioether (sulfide) groups is 1. The van der Waals surface area contributed by atoms with Gasteiger partial charge in [0.1, 0.15) is 11.6 Å². The number of carbonyl (C=O) groups is 1. The summed E-state index contributed by atoms with van der Waals surface area (Å²) < 4.78 is 5.33. The van der Waals surface area contributed by atoms with Crippen molar-refractivity contribution in [2.75, 3.05) is 5.75 Å². The molecule has 0 unspecified atom stereocenters. The molecular weight excluding hydrogens is 358 g/mol. The molecule has 0 aliphatic heterocycles. The number of hydrogen-bond donors (Lipinski definition) is 0. The van der Waals surface area contributed by atoms with E-state index < -0.39 is 0 Å². The van der Waals surface area contributed by atoms with E-state index in [0.717, 1.165) is 21.2 Å². The molecule has 0 saturated carbocycles. The Balaban J connectivity index is 1.49. The molecule has 3 rings (SSSR count). The lowest BCUT2D eigenvalue weighted by Crippen LogP contribution is -2.07. The van der Waals surface area contributed by atoms with Gasteiger partial charge in [0, 0.05) is 21.2 Å². The van der Waals surface area contributed by atoms with Gasteiger partial charge in [0.15, 0.2) is 0 Å². The summed E-state index contributed by atoms with van der Waals surface area (Å²) in [5, 5.41) is 7.00. The van der Waals surface area contributed by atoms with Crippen LogP contribution in [0.2, 0.25) is 0 Å². The van der Waals surface area contributed by atoms with Crippen LogP contribution in [0.25, 0.3) is 10.6 Å². The van der Waals surface area contributed by atoms with Gasteiger partial charge in [0.25, 0.3) is 0 Å². The molecule has 0 radical (unpaired) electrons. The predicted molar refractivity (Wildman–Crippen MR) is 102 cm³/mol. The van der Waals surface area contributed by atoms with Crippen LogP contribution in [0.1, 0.15) is 16.8 Å². The summed E-state index contributed by atoms with van der Waals surface area (Å²) in [7, 11) is 0. The Morgan fingerprint density at radius 3 is 2.88 bits per heavy atom. The molecule has 0 saturated heterocycles. The molecule has 3 nitrogen and oxygen atoms in total. The maximum atomic E-state index is 11.9. The van der Waals surface area contributed by atoms with Gasteiger partial charge < -0.3 is 4.74 Å². The van der Waals surface area contributed by atoms with Gasteiger partial charge in [0.2, 0.25) is 0 Å². The van der Waals surface area contributed by atoms with Gasteiger partial charge in [-0.2, -0.15) is 11.3 Å². The summed E-state index contributed by atoms with van der Waals surface area (Å²) in [6, 6.07) is 8.27. The quantitative estimate of drug-likeness (QED) is 0.431. The number of carbonyl (C=O) groups excluding carboxylic acids is 1. The van der Waals surface area contributed by atoms with Crippen LogP contribution in [0, 0.1) is 13.8 Å². The van der Waals surface area contributed by atoms with E-state index in [4.69, 9.17) is 4.74 Å². The fourth-order valence-electron chi connectivity index (χ4n) is 2.19. The second-order valence-corrected chi connectivity index (χ2v) is 8.03. The van der Waals surface area contributed by atoms with E-state index in [1.54, 1.807) is 22.7 Å². The SMILES string of the molecule is Cc1ccc(SCC(=O)OCc2csc(-c3ccsc3)n2)c(C)c1. The van der Waals surface area contributed by atoms with E-state index in [-0.39, 0.29) is 12.6 Å². The average molecular weight is 376 g/mol. The maximum absolute atomic E-state index is 11.9. The molecule has 124 valence electrons. The molecule has 24 heavy (non-hydrogen) atoms. The molecule has 0 amide bonds. The normalized spacial score (nSPS) is 10.8. The highest BCUT2D eigenvalue weighted by atomic mass is 32.2. The van der Waals surface area contributed by atoms with Crippen molar-refractivity contribution in [3.63, 3.8) is 0 Å². The molecule has 2 aromatic heterocycles. The van der Waals surface area contributed by atoms with Crippen LogP contribution in [0.15, 0.2) is 45.3 Å². The van der Waals surface area contributed by atoms with Crippen molar-refractivity contribution in [3.05, 3.63) is 57.2 Å². The Hall–Kier alpha value is -1.63. The van der Waals surface area contributed by atoms with Gasteiger partial charge in [-0.25, -0.2) is 4.98 Å². The first-order chi connectivity index (χ1) is 11.6. The third-order valence-electron chi connectivity index (χ3n) is 3.38. The second kappa shape index (κ2) is 7.96. The maximum Gasteiger partial charge on any atom is 0.316 e. The van der Waals surface area contributed by atoms with Crippen LogP contribution in [0.5, 0.6) is 0 Å². The third kappa shape index (κ3) is 4.47. The molecule has 0 aliphatic carbocycles. The Kier molecular flexibility index (Phi) is 5.71. The molecular formula is C18H17NO2S3. The smallest absolute Gasteiger partial charge is 0.316 e. The fraction of sp³-hybridized carbons (Fsp3) is 0.222. The lowest BCUT2D eigenvalue weighted by molar-refractivity contribution is -0.141. The summed E-state index contributed by atoms with van der Waals surface area (Å²) in [5.41, 5.74) is 4.33. The van der Waals surface area contributed by atoms with Crippen molar-refractivity contribution in [2.24, 2.45) is 0 Å². The Morgan fingerprint density at radius 2 is 2.12 bits per heavy atom. The number of hydrogen-bond acceptors (Lipinski definition) is 6. The lowest BCUT2D eigenvalue weighted by atomic mass is 10.2. The number of rotatable bonds is 6. The van der Waals surface area contributed by atoms with Gasteiger partial charge in [0.05, 0.1) is 11.4 Å². The van der Waals surface area contributed by atoms with Crippen LogP contribution in [-0.2, 0) is 16.1 Å². The molecule has 2 heterocycles. The number of thiazole rings is 1. The van der Waals surface area contributed by atoms with Crippen LogP contribution in [0.3, 0.4) is 0 Å². The molecule has 0 atom stereocenters. The lowest BCUT2D eigenvalue weighted by Gasteiger charge is -2.06. The first-order valence-electron chi connectivity index (χ1n) is 7.44. The minimum absolute atomic E-state index is 0.218. The van der Waals surface area contributed by atoms with Gasteiger partial charge in [-0.15, -0.1) is 23.1 Å². The second-order valence-electron chi connectivity index (χ2n) is 5.37. The van der Waals surface area contributed by atoms with Crippen molar-refractivity contribution in [3.8, 4) is 10.6 Å². The summed E-state index contributed by atoms with van der Waals surface area (Å²) in [6.45, 7) is 4.35. The average Bonchev–Trinajstić information content (AvgIpc) is 3.23. The molecule has 1 aromatic carbocycles. The van der Waals surface area contributed by atoms with E-state index in [1.807, 2.05) is 16.8 Å². The molecule has 6 heteroatoms. The van der Waals surface area contributed by atoms with Crippen LogP contribution >= 0.6 is 34.4 Å². The molecule has 0 aliphatic rings. The van der Waals surface area contributed by atoms with Crippen molar-refractivity contribution in [2.45, 2.75) is 25.3 Å². The van der Waals surface area contributed by atoms with Gasteiger partial charge in [-0.05, 0) is 36.9 Å². The summed E-state index contributed by atoms with van der Waals surface area (Å²) in [5.74, 6) is 0.0934. The highest BCUT2D eigenvalue weighted by molar-refractivity contribution is 8.00. The molecule has 0 fully saturated rings. The summed E-state index contributed by atoms with van der Waals surface area (Å²) >= 11 is 4.73. The first-order valence-corrected chi connectivity index (χ1v) is 10.3. The van der Waals surface area contributed by atoms with Crippen LogP contribution < -0.4 is 0 Å². The molecule has 3 aromatic rings. The minimum Gasteiger partial charge on any atom is -0.459 e. The zero-order chi connectivity index (χ0) is 16.9. The van der Waals surface area contributed by atoms with E-state index >= 15 is 0 Å². The third-order valence-corrected chi connectivity index (χ3v) is 6.15.